The zero-order valence-electron chi connectivity index (χ0n) is 19.9. The van der Waals surface area contributed by atoms with Crippen LogP contribution in [0.3, 0.4) is 0 Å². The summed E-state index contributed by atoms with van der Waals surface area (Å²) >= 11 is 0. The van der Waals surface area contributed by atoms with E-state index in [1.807, 2.05) is 13.8 Å². The number of allylic oxidation sites excluding steroid dienone is 1. The number of hydrogen-bond donors (Lipinski definition) is 5. The van der Waals surface area contributed by atoms with Crippen molar-refractivity contribution in [3.05, 3.63) is 12.2 Å². The molecule has 9 heteroatoms. The number of carbonyl (C=O) groups is 4. The molecule has 0 saturated carbocycles. The van der Waals surface area contributed by atoms with Crippen molar-refractivity contribution >= 4 is 23.6 Å². The molecule has 0 aromatic carbocycles. The Balaban J connectivity index is 2.89. The largest absolute Gasteiger partial charge is 0.381 e. The van der Waals surface area contributed by atoms with E-state index in [4.69, 9.17) is 0 Å². The Morgan fingerprint density at radius 2 is 1.78 bits per heavy atom. The highest BCUT2D eigenvalue weighted by Gasteiger charge is 2.31. The number of rotatable bonds is 7. The van der Waals surface area contributed by atoms with Gasteiger partial charge in [-0.1, -0.05) is 33.8 Å². The molecule has 1 aliphatic heterocycles. The van der Waals surface area contributed by atoms with Crippen molar-refractivity contribution in [1.82, 2.24) is 21.3 Å². The number of aliphatic hydroxyl groups is 1. The van der Waals surface area contributed by atoms with Crippen molar-refractivity contribution in [2.24, 2.45) is 11.8 Å². The van der Waals surface area contributed by atoms with Gasteiger partial charge in [0, 0.05) is 6.54 Å². The normalized spacial score (nSPS) is 26.1. The fourth-order valence-corrected chi connectivity index (χ4v) is 3.34. The van der Waals surface area contributed by atoms with Crippen molar-refractivity contribution in [2.75, 3.05) is 6.54 Å². The van der Waals surface area contributed by atoms with E-state index in [9.17, 15) is 24.3 Å². The van der Waals surface area contributed by atoms with Gasteiger partial charge in [0.05, 0.1) is 6.04 Å². The zero-order chi connectivity index (χ0) is 24.3. The van der Waals surface area contributed by atoms with Crippen LogP contribution in [0.2, 0.25) is 0 Å². The Morgan fingerprint density at radius 1 is 1.09 bits per heavy atom. The molecule has 9 nitrogen and oxygen atoms in total. The van der Waals surface area contributed by atoms with Gasteiger partial charge in [0.25, 0.3) is 5.91 Å². The summed E-state index contributed by atoms with van der Waals surface area (Å²) in [6.45, 7) is 9.88. The first kappa shape index (κ1) is 27.6. The van der Waals surface area contributed by atoms with Gasteiger partial charge in [0.1, 0.15) is 12.1 Å². The van der Waals surface area contributed by atoms with Crippen molar-refractivity contribution in [3.8, 4) is 0 Å². The lowest BCUT2D eigenvalue weighted by Crippen LogP contribution is -2.56. The molecule has 0 radical (unpaired) electrons. The molecule has 0 aromatic heterocycles. The molecule has 182 valence electrons. The van der Waals surface area contributed by atoms with Crippen LogP contribution >= 0.6 is 0 Å². The number of hydrogen-bond acceptors (Lipinski definition) is 5. The van der Waals surface area contributed by atoms with Gasteiger partial charge in [-0.15, -0.1) is 0 Å². The molecule has 5 N–H and O–H groups in total. The van der Waals surface area contributed by atoms with Crippen LogP contribution in [-0.4, -0.2) is 59.5 Å². The Morgan fingerprint density at radius 3 is 2.41 bits per heavy atom. The smallest absolute Gasteiger partial charge is 0.251 e. The van der Waals surface area contributed by atoms with Crippen LogP contribution < -0.4 is 21.3 Å². The lowest BCUT2D eigenvalue weighted by Gasteiger charge is -2.25. The van der Waals surface area contributed by atoms with Gasteiger partial charge in [-0.2, -0.15) is 0 Å². The Labute approximate surface area is 191 Å². The van der Waals surface area contributed by atoms with E-state index < -0.39 is 36.0 Å². The highest BCUT2D eigenvalue weighted by Crippen LogP contribution is 2.08. The van der Waals surface area contributed by atoms with Crippen LogP contribution in [0.5, 0.6) is 0 Å². The molecule has 0 spiro atoms. The van der Waals surface area contributed by atoms with Gasteiger partial charge in [-0.25, -0.2) is 0 Å². The Kier molecular flexibility index (Phi) is 12.0. The average Bonchev–Trinajstić information content (AvgIpc) is 2.71. The number of aliphatic hydroxyl groups excluding tert-OH is 1. The van der Waals surface area contributed by atoms with Crippen molar-refractivity contribution < 1.29 is 24.3 Å². The van der Waals surface area contributed by atoms with Crippen LogP contribution in [0.1, 0.15) is 66.7 Å². The van der Waals surface area contributed by atoms with Gasteiger partial charge in [0.2, 0.25) is 17.7 Å². The number of carbonyl (C=O) groups excluding carboxylic acids is 4. The van der Waals surface area contributed by atoms with Crippen LogP contribution in [0.25, 0.3) is 0 Å². The minimum absolute atomic E-state index is 0.157. The van der Waals surface area contributed by atoms with Crippen LogP contribution in [-0.2, 0) is 19.2 Å². The van der Waals surface area contributed by atoms with E-state index in [0.717, 1.165) is 12.8 Å². The summed E-state index contributed by atoms with van der Waals surface area (Å²) in [6.07, 6.45) is 4.57. The van der Waals surface area contributed by atoms with E-state index in [-0.39, 0.29) is 17.7 Å². The molecule has 1 saturated heterocycles. The molecule has 32 heavy (non-hydrogen) atoms. The molecule has 1 heterocycles. The van der Waals surface area contributed by atoms with Crippen LogP contribution in [0.15, 0.2) is 12.2 Å². The maximum atomic E-state index is 12.7. The predicted octanol–water partition coefficient (Wildman–Crippen LogP) is 0.770. The summed E-state index contributed by atoms with van der Waals surface area (Å²) in [7, 11) is 0. The zero-order valence-corrected chi connectivity index (χ0v) is 19.9. The third kappa shape index (κ3) is 10.3. The molecule has 4 amide bonds. The monoisotopic (exact) mass is 452 g/mol. The summed E-state index contributed by atoms with van der Waals surface area (Å²) in [5, 5.41) is 21.0. The van der Waals surface area contributed by atoms with Gasteiger partial charge >= 0.3 is 0 Å². The second-order valence-corrected chi connectivity index (χ2v) is 9.30. The van der Waals surface area contributed by atoms with Crippen molar-refractivity contribution in [2.45, 2.75) is 91.0 Å². The second kappa shape index (κ2) is 13.9. The summed E-state index contributed by atoms with van der Waals surface area (Å²) in [4.78, 5) is 50.0. The van der Waals surface area contributed by atoms with Crippen LogP contribution in [0.4, 0.5) is 0 Å². The first-order chi connectivity index (χ1) is 15.0. The van der Waals surface area contributed by atoms with Gasteiger partial charge in [-0.05, 0) is 56.9 Å². The predicted molar refractivity (Wildman–Crippen MR) is 122 cm³/mol. The van der Waals surface area contributed by atoms with Crippen LogP contribution in [0, 0.1) is 11.8 Å². The molecule has 0 aromatic rings. The molecule has 4 atom stereocenters. The number of amides is 4. The maximum absolute atomic E-state index is 12.7. The first-order valence-electron chi connectivity index (χ1n) is 11.5. The minimum Gasteiger partial charge on any atom is -0.381 e. The molecule has 1 fully saturated rings. The van der Waals surface area contributed by atoms with Gasteiger partial charge < -0.3 is 26.4 Å². The lowest BCUT2D eigenvalue weighted by atomic mass is 10.0. The molecule has 0 bridgehead atoms. The summed E-state index contributed by atoms with van der Waals surface area (Å²) in [6, 6.07) is -2.52. The van der Waals surface area contributed by atoms with Crippen molar-refractivity contribution in [1.29, 1.82) is 0 Å². The standard InChI is InChI=1S/C23H40N4O5/c1-14(2)9-6-7-11-19(28)26-17-10-8-12-24-21(30)18(13-15(3)4)27-23(32)20(29)16(5)25-22(17)31/h7,11,14-18,20,29H,6,8-10,12-13H2,1-5H3,(H,24,30)(H,25,31)(H,26,28)(H,27,32)/b11-7+/t16-,17-,18-,20+/m0/s1. The van der Waals surface area contributed by atoms with Gasteiger partial charge in [-0.3, -0.25) is 19.2 Å². The Bertz CT molecular complexity index is 677. The molecule has 1 aliphatic rings. The highest BCUT2D eigenvalue weighted by atomic mass is 16.3. The third-order valence-electron chi connectivity index (χ3n) is 5.23. The van der Waals surface area contributed by atoms with E-state index >= 15 is 0 Å². The van der Waals surface area contributed by atoms with E-state index in [2.05, 4.69) is 35.1 Å². The number of nitrogens with one attached hydrogen (secondary N) is 4. The fourth-order valence-electron chi connectivity index (χ4n) is 3.34. The molecule has 0 unspecified atom stereocenters. The first-order valence-corrected chi connectivity index (χ1v) is 11.5. The molecule has 1 rings (SSSR count). The summed E-state index contributed by atoms with van der Waals surface area (Å²) in [5.41, 5.74) is 0. The SMILES string of the molecule is CC(C)CC/C=C/C(=O)N[C@H]1CCCNC(=O)[C@H](CC(C)C)NC(=O)[C@H](O)[C@H](C)NC1=O. The maximum Gasteiger partial charge on any atom is 0.251 e. The average molecular weight is 453 g/mol. The van der Waals surface area contributed by atoms with Gasteiger partial charge in [0.15, 0.2) is 6.10 Å². The second-order valence-electron chi connectivity index (χ2n) is 9.30. The molecular weight excluding hydrogens is 412 g/mol. The minimum atomic E-state index is -1.53. The van der Waals surface area contributed by atoms with E-state index in [1.54, 1.807) is 6.08 Å². The summed E-state index contributed by atoms with van der Waals surface area (Å²) < 4.78 is 0. The Hall–Kier alpha value is -2.42. The third-order valence-corrected chi connectivity index (χ3v) is 5.23. The summed E-state index contributed by atoms with van der Waals surface area (Å²) in [5.74, 6) is -1.25. The molecule has 0 aliphatic carbocycles. The van der Waals surface area contributed by atoms with E-state index in [1.165, 1.54) is 13.0 Å². The van der Waals surface area contributed by atoms with E-state index in [0.29, 0.717) is 31.7 Å². The van der Waals surface area contributed by atoms with Crippen molar-refractivity contribution in [3.63, 3.8) is 0 Å². The highest BCUT2D eigenvalue weighted by molar-refractivity contribution is 5.93. The lowest BCUT2D eigenvalue weighted by molar-refractivity contribution is -0.136. The molecular formula is C23H40N4O5. The fraction of sp³-hybridized carbons (Fsp3) is 0.739. The topological polar surface area (TPSA) is 137 Å². The quantitative estimate of drug-likeness (QED) is 0.364.